The highest BCUT2D eigenvalue weighted by atomic mass is 127. The molecule has 1 aromatic carbocycles. The number of halogens is 2. The van der Waals surface area contributed by atoms with Gasteiger partial charge in [0.15, 0.2) is 0 Å². The van der Waals surface area contributed by atoms with E-state index in [-0.39, 0.29) is 16.3 Å². The number of hydrogen-bond donors (Lipinski definition) is 1. The molecular weight excluding hydrogens is 383 g/mol. The Labute approximate surface area is 130 Å². The van der Waals surface area contributed by atoms with Crippen LogP contribution in [0.3, 0.4) is 0 Å². The van der Waals surface area contributed by atoms with Gasteiger partial charge in [0.1, 0.15) is 5.56 Å². The minimum Gasteiger partial charge on any atom is -0.352 e. The Morgan fingerprint density at radius 1 is 1.37 bits per heavy atom. The van der Waals surface area contributed by atoms with Gasteiger partial charge < -0.3 is 5.32 Å². The molecule has 1 amide bonds. The molecule has 0 saturated carbocycles. The Balaban J connectivity index is 2.64. The summed E-state index contributed by atoms with van der Waals surface area (Å²) >= 11 is 7.99. The van der Waals surface area contributed by atoms with Crippen molar-refractivity contribution in [3.63, 3.8) is 0 Å². The molecule has 19 heavy (non-hydrogen) atoms. The first kappa shape index (κ1) is 16.2. The summed E-state index contributed by atoms with van der Waals surface area (Å²) in [6.07, 6.45) is 3.01. The average molecular weight is 397 g/mol. The highest BCUT2D eigenvalue weighted by Crippen LogP contribution is 2.23. The topological polar surface area (TPSA) is 72.2 Å². The number of benzene rings is 1. The molecule has 0 radical (unpaired) electrons. The summed E-state index contributed by atoms with van der Waals surface area (Å²) in [6, 6.07) is 4.03. The second kappa shape index (κ2) is 8.31. The largest absolute Gasteiger partial charge is 0.352 e. The number of amides is 1. The van der Waals surface area contributed by atoms with Crippen LogP contribution in [0.15, 0.2) is 18.2 Å². The maximum absolute atomic E-state index is 11.9. The van der Waals surface area contributed by atoms with E-state index in [1.165, 1.54) is 18.2 Å². The molecule has 0 saturated heterocycles. The maximum Gasteiger partial charge on any atom is 0.283 e. The number of alkyl halides is 1. The van der Waals surface area contributed by atoms with Gasteiger partial charge >= 0.3 is 0 Å². The summed E-state index contributed by atoms with van der Waals surface area (Å²) < 4.78 is 1.09. The van der Waals surface area contributed by atoms with Crippen molar-refractivity contribution in [1.29, 1.82) is 0 Å². The van der Waals surface area contributed by atoms with Gasteiger partial charge in [0.2, 0.25) is 0 Å². The molecule has 1 aromatic rings. The van der Waals surface area contributed by atoms with E-state index in [9.17, 15) is 14.9 Å². The quantitative estimate of drug-likeness (QED) is 0.252. The second-order valence-electron chi connectivity index (χ2n) is 3.92. The summed E-state index contributed by atoms with van der Waals surface area (Å²) in [5.41, 5.74) is -0.222. The van der Waals surface area contributed by atoms with Crippen LogP contribution in [0.1, 0.15) is 29.6 Å². The highest BCUT2D eigenvalue weighted by Gasteiger charge is 2.19. The monoisotopic (exact) mass is 396 g/mol. The third-order valence-electron chi connectivity index (χ3n) is 2.50. The fourth-order valence-electron chi connectivity index (χ4n) is 1.54. The third kappa shape index (κ3) is 5.32. The number of nitrogens with zero attached hydrogens (tertiary/aromatic N) is 1. The van der Waals surface area contributed by atoms with Crippen LogP contribution < -0.4 is 5.32 Å². The fourth-order valence-corrected chi connectivity index (χ4v) is 2.25. The first-order valence-electron chi connectivity index (χ1n) is 5.84. The van der Waals surface area contributed by atoms with Crippen molar-refractivity contribution in [1.82, 2.24) is 5.32 Å². The Bertz CT molecular complexity index is 468. The lowest BCUT2D eigenvalue weighted by Gasteiger charge is -2.05. The Kier molecular flexibility index (Phi) is 7.07. The zero-order valence-corrected chi connectivity index (χ0v) is 13.1. The van der Waals surface area contributed by atoms with Crippen LogP contribution in [0, 0.1) is 10.1 Å². The summed E-state index contributed by atoms with van der Waals surface area (Å²) in [4.78, 5) is 22.1. The predicted molar refractivity (Wildman–Crippen MR) is 83.2 cm³/mol. The van der Waals surface area contributed by atoms with Crippen molar-refractivity contribution >= 4 is 45.8 Å². The van der Waals surface area contributed by atoms with Crippen molar-refractivity contribution in [3.05, 3.63) is 38.9 Å². The lowest BCUT2D eigenvalue weighted by atomic mass is 10.1. The number of nitrogens with one attached hydrogen (secondary N) is 1. The van der Waals surface area contributed by atoms with E-state index in [1.54, 1.807) is 0 Å². The van der Waals surface area contributed by atoms with Crippen molar-refractivity contribution in [2.75, 3.05) is 11.0 Å². The van der Waals surface area contributed by atoms with E-state index in [0.717, 1.165) is 23.7 Å². The minimum absolute atomic E-state index is 0.0447. The van der Waals surface area contributed by atoms with E-state index >= 15 is 0 Å². The first-order valence-corrected chi connectivity index (χ1v) is 7.74. The number of carbonyl (C=O) groups excluding carboxylic acids is 1. The van der Waals surface area contributed by atoms with E-state index in [1.807, 2.05) is 0 Å². The van der Waals surface area contributed by atoms with Crippen molar-refractivity contribution < 1.29 is 9.72 Å². The molecule has 7 heteroatoms. The summed E-state index contributed by atoms with van der Waals surface area (Å²) in [6.45, 7) is 0.523. The molecule has 1 rings (SSSR count). The molecule has 104 valence electrons. The zero-order chi connectivity index (χ0) is 14.3. The number of rotatable bonds is 7. The smallest absolute Gasteiger partial charge is 0.283 e. The molecule has 0 aliphatic rings. The fraction of sp³-hybridized carbons (Fsp3) is 0.417. The molecule has 0 aliphatic carbocycles. The van der Waals surface area contributed by atoms with Crippen LogP contribution in [0.4, 0.5) is 5.69 Å². The van der Waals surface area contributed by atoms with Gasteiger partial charge in [-0.05, 0) is 29.4 Å². The van der Waals surface area contributed by atoms with E-state index in [0.29, 0.717) is 6.54 Å². The summed E-state index contributed by atoms with van der Waals surface area (Å²) in [5, 5.41) is 13.8. The van der Waals surface area contributed by atoms with Crippen LogP contribution in [-0.2, 0) is 0 Å². The number of unbranched alkanes of at least 4 members (excludes halogenated alkanes) is 2. The summed E-state index contributed by atoms with van der Waals surface area (Å²) in [5.74, 6) is -0.433. The van der Waals surface area contributed by atoms with Gasteiger partial charge in [0.25, 0.3) is 11.6 Å². The SMILES string of the molecule is O=C(NCCCCCI)c1ccc(Cl)cc1[N+](=O)[O-]. The van der Waals surface area contributed by atoms with Crippen molar-refractivity contribution in [3.8, 4) is 0 Å². The van der Waals surface area contributed by atoms with Crippen LogP contribution in [0.25, 0.3) is 0 Å². The van der Waals surface area contributed by atoms with Gasteiger partial charge in [0.05, 0.1) is 4.92 Å². The molecule has 0 bridgehead atoms. The molecule has 0 spiro atoms. The molecule has 0 aromatic heterocycles. The molecule has 1 N–H and O–H groups in total. The maximum atomic E-state index is 11.9. The van der Waals surface area contributed by atoms with Gasteiger partial charge in [0, 0.05) is 17.6 Å². The molecule has 0 fully saturated rings. The van der Waals surface area contributed by atoms with Crippen LogP contribution in [-0.4, -0.2) is 21.8 Å². The molecule has 0 aliphatic heterocycles. The number of hydrogen-bond acceptors (Lipinski definition) is 3. The second-order valence-corrected chi connectivity index (χ2v) is 5.44. The van der Waals surface area contributed by atoms with E-state index in [2.05, 4.69) is 27.9 Å². The lowest BCUT2D eigenvalue weighted by Crippen LogP contribution is -2.25. The minimum atomic E-state index is -0.600. The van der Waals surface area contributed by atoms with Gasteiger partial charge in [-0.3, -0.25) is 14.9 Å². The Morgan fingerprint density at radius 3 is 2.74 bits per heavy atom. The van der Waals surface area contributed by atoms with Crippen LogP contribution in [0.5, 0.6) is 0 Å². The standard InChI is InChI=1S/C12H14ClIN2O3/c13-9-4-5-10(11(8-9)16(18)19)12(17)15-7-3-1-2-6-14/h4-5,8H,1-3,6-7H2,(H,15,17). The number of nitro benzene ring substituents is 1. The van der Waals surface area contributed by atoms with Crippen LogP contribution >= 0.6 is 34.2 Å². The molecule has 0 atom stereocenters. The van der Waals surface area contributed by atoms with Gasteiger partial charge in [-0.25, -0.2) is 0 Å². The van der Waals surface area contributed by atoms with Gasteiger partial charge in [-0.15, -0.1) is 0 Å². The predicted octanol–water partition coefficient (Wildman–Crippen LogP) is 3.58. The Morgan fingerprint density at radius 2 is 2.11 bits per heavy atom. The third-order valence-corrected chi connectivity index (χ3v) is 3.49. The summed E-state index contributed by atoms with van der Waals surface area (Å²) in [7, 11) is 0. The van der Waals surface area contributed by atoms with E-state index in [4.69, 9.17) is 11.6 Å². The Hall–Kier alpha value is -0.890. The highest BCUT2D eigenvalue weighted by molar-refractivity contribution is 14.1. The normalized spacial score (nSPS) is 10.2. The molecule has 0 unspecified atom stereocenters. The van der Waals surface area contributed by atoms with E-state index < -0.39 is 10.8 Å². The molecular formula is C12H14ClIN2O3. The molecule has 0 heterocycles. The van der Waals surface area contributed by atoms with Gasteiger partial charge in [-0.1, -0.05) is 40.6 Å². The van der Waals surface area contributed by atoms with Crippen molar-refractivity contribution in [2.45, 2.75) is 19.3 Å². The molecule has 5 nitrogen and oxygen atoms in total. The number of nitro groups is 1. The first-order chi connectivity index (χ1) is 9.06. The van der Waals surface area contributed by atoms with Gasteiger partial charge in [-0.2, -0.15) is 0 Å². The van der Waals surface area contributed by atoms with Crippen molar-refractivity contribution in [2.24, 2.45) is 0 Å². The zero-order valence-electron chi connectivity index (χ0n) is 10.2. The average Bonchev–Trinajstić information content (AvgIpc) is 2.38. The number of carbonyl (C=O) groups is 1. The van der Waals surface area contributed by atoms with Crippen LogP contribution in [0.2, 0.25) is 5.02 Å². The lowest BCUT2D eigenvalue weighted by molar-refractivity contribution is -0.385.